The Labute approximate surface area is 234 Å². The average Bonchev–Trinajstić information content (AvgIpc) is 3.65. The highest BCUT2D eigenvalue weighted by Gasteiger charge is 2.24. The third-order valence-electron chi connectivity index (χ3n) is 8.57. The Morgan fingerprint density at radius 1 is 1.00 bits per heavy atom. The molecule has 3 heterocycles. The van der Waals surface area contributed by atoms with Crippen molar-refractivity contribution < 1.29 is 19.1 Å². The van der Waals surface area contributed by atoms with Crippen molar-refractivity contribution in [1.29, 1.82) is 0 Å². The third-order valence-corrected chi connectivity index (χ3v) is 8.57. The lowest BCUT2D eigenvalue weighted by atomic mass is 9.95. The zero-order chi connectivity index (χ0) is 27.5. The van der Waals surface area contributed by atoms with E-state index in [2.05, 4.69) is 14.8 Å². The van der Waals surface area contributed by atoms with E-state index in [1.165, 1.54) is 19.3 Å². The van der Waals surface area contributed by atoms with Crippen molar-refractivity contribution in [3.05, 3.63) is 77.7 Å². The molecule has 208 valence electrons. The molecular weight excluding hydrogens is 504 g/mol. The molecule has 2 N–H and O–H groups in total. The number of fused-ring (bicyclic) bond motifs is 1. The second-order valence-electron chi connectivity index (χ2n) is 11.2. The quantitative estimate of drug-likeness (QED) is 0.278. The summed E-state index contributed by atoms with van der Waals surface area (Å²) in [5.74, 6) is 0.351. The summed E-state index contributed by atoms with van der Waals surface area (Å²) >= 11 is 0. The third kappa shape index (κ3) is 5.54. The van der Waals surface area contributed by atoms with Gasteiger partial charge in [0.25, 0.3) is 5.91 Å². The van der Waals surface area contributed by atoms with Crippen LogP contribution >= 0.6 is 0 Å². The normalized spacial score (nSPS) is 17.3. The van der Waals surface area contributed by atoms with Gasteiger partial charge in [-0.15, -0.1) is 0 Å². The minimum Gasteiger partial charge on any atom is -0.478 e. The SMILES string of the molecule is O=C(NCC1CCN(Cc2ccccc2C(=O)O)CC1)c1ccc2c(c1)nc(-c1ccoc1)n2C1CCCCC1. The maximum absolute atomic E-state index is 13.1. The summed E-state index contributed by atoms with van der Waals surface area (Å²) in [6.45, 7) is 3.04. The first-order valence-corrected chi connectivity index (χ1v) is 14.4. The lowest BCUT2D eigenvalue weighted by Gasteiger charge is -2.32. The molecule has 0 bridgehead atoms. The first-order chi connectivity index (χ1) is 19.6. The van der Waals surface area contributed by atoms with E-state index < -0.39 is 5.97 Å². The van der Waals surface area contributed by atoms with E-state index in [1.54, 1.807) is 24.7 Å². The molecule has 0 spiro atoms. The van der Waals surface area contributed by atoms with Crippen LogP contribution in [-0.2, 0) is 6.54 Å². The van der Waals surface area contributed by atoms with E-state index in [0.29, 0.717) is 36.2 Å². The number of hydrogen-bond acceptors (Lipinski definition) is 5. The maximum atomic E-state index is 13.1. The van der Waals surface area contributed by atoms with Crippen molar-refractivity contribution in [3.63, 3.8) is 0 Å². The van der Waals surface area contributed by atoms with Gasteiger partial charge in [-0.3, -0.25) is 9.69 Å². The minimum atomic E-state index is -0.884. The predicted octanol–water partition coefficient (Wildman–Crippen LogP) is 6.14. The largest absolute Gasteiger partial charge is 0.478 e. The molecule has 1 saturated carbocycles. The molecule has 1 saturated heterocycles. The molecule has 2 aromatic carbocycles. The summed E-state index contributed by atoms with van der Waals surface area (Å²) in [7, 11) is 0. The number of benzene rings is 2. The van der Waals surface area contributed by atoms with Gasteiger partial charge in [0, 0.05) is 24.7 Å². The van der Waals surface area contributed by atoms with E-state index in [4.69, 9.17) is 9.40 Å². The molecule has 1 aliphatic heterocycles. The van der Waals surface area contributed by atoms with Crippen LogP contribution < -0.4 is 5.32 Å². The van der Waals surface area contributed by atoms with Crippen molar-refractivity contribution in [1.82, 2.24) is 19.8 Å². The van der Waals surface area contributed by atoms with Crippen molar-refractivity contribution in [2.75, 3.05) is 19.6 Å². The number of amides is 1. The van der Waals surface area contributed by atoms with E-state index in [1.807, 2.05) is 36.4 Å². The summed E-state index contributed by atoms with van der Waals surface area (Å²) in [6, 6.07) is 15.4. The molecule has 2 aliphatic rings. The van der Waals surface area contributed by atoms with Gasteiger partial charge >= 0.3 is 5.97 Å². The lowest BCUT2D eigenvalue weighted by molar-refractivity contribution is 0.0693. The molecule has 6 rings (SSSR count). The fourth-order valence-corrected chi connectivity index (χ4v) is 6.34. The lowest BCUT2D eigenvalue weighted by Crippen LogP contribution is -2.38. The van der Waals surface area contributed by atoms with E-state index in [9.17, 15) is 14.7 Å². The number of aromatic carboxylic acids is 1. The number of piperidine rings is 1. The van der Waals surface area contributed by atoms with Gasteiger partial charge in [-0.2, -0.15) is 0 Å². The number of carbonyl (C=O) groups is 2. The zero-order valence-corrected chi connectivity index (χ0v) is 22.7. The number of likely N-dealkylation sites (tertiary alicyclic amines) is 1. The van der Waals surface area contributed by atoms with Crippen molar-refractivity contribution in [2.24, 2.45) is 5.92 Å². The van der Waals surface area contributed by atoms with Crippen LogP contribution in [-0.4, -0.2) is 51.1 Å². The highest BCUT2D eigenvalue weighted by Crippen LogP contribution is 2.36. The number of aromatic nitrogens is 2. The molecule has 2 aromatic heterocycles. The first-order valence-electron chi connectivity index (χ1n) is 14.4. The fourth-order valence-electron chi connectivity index (χ4n) is 6.34. The van der Waals surface area contributed by atoms with Gasteiger partial charge in [0.05, 0.1) is 28.4 Å². The van der Waals surface area contributed by atoms with Gasteiger partial charge in [0.1, 0.15) is 12.1 Å². The highest BCUT2D eigenvalue weighted by atomic mass is 16.4. The van der Waals surface area contributed by atoms with Crippen LogP contribution in [0.4, 0.5) is 0 Å². The molecule has 8 heteroatoms. The molecule has 0 atom stereocenters. The Kier molecular flexibility index (Phi) is 7.68. The number of carboxylic acids is 1. The Morgan fingerprint density at radius 2 is 1.80 bits per heavy atom. The molecule has 8 nitrogen and oxygen atoms in total. The Balaban J connectivity index is 1.09. The number of imidazole rings is 1. The van der Waals surface area contributed by atoms with E-state index in [0.717, 1.165) is 66.8 Å². The van der Waals surface area contributed by atoms with Crippen molar-refractivity contribution in [3.8, 4) is 11.4 Å². The Hall–Kier alpha value is -3.91. The van der Waals surface area contributed by atoms with Crippen LogP contribution in [0.2, 0.25) is 0 Å². The van der Waals surface area contributed by atoms with E-state index in [-0.39, 0.29) is 5.91 Å². The summed E-state index contributed by atoms with van der Waals surface area (Å²) in [6.07, 6.45) is 11.4. The van der Waals surface area contributed by atoms with Gasteiger partial charge in [0.2, 0.25) is 0 Å². The molecular formula is C32H36N4O4. The minimum absolute atomic E-state index is 0.0724. The molecule has 1 amide bonds. The highest BCUT2D eigenvalue weighted by molar-refractivity contribution is 5.98. The van der Waals surface area contributed by atoms with Crippen LogP contribution in [0.3, 0.4) is 0 Å². The molecule has 2 fully saturated rings. The first kappa shape index (κ1) is 26.3. The number of hydrogen-bond donors (Lipinski definition) is 2. The van der Waals surface area contributed by atoms with Gasteiger partial charge in [-0.25, -0.2) is 9.78 Å². The number of nitrogens with zero attached hydrogens (tertiary/aromatic N) is 3. The van der Waals surface area contributed by atoms with E-state index >= 15 is 0 Å². The number of carboxylic acid groups (broad SMARTS) is 1. The molecule has 0 radical (unpaired) electrons. The standard InChI is InChI=1S/C32H36N4O4/c37-31(33-19-22-12-15-35(16-13-22)20-24-6-4-5-9-27(24)32(38)39)23-10-11-29-28(18-23)34-30(25-14-17-40-21-25)36(29)26-7-2-1-3-8-26/h4-6,9-11,14,17-18,21-22,26H,1-3,7-8,12-13,15-16,19-20H2,(H,33,37)(H,38,39). The van der Waals surface area contributed by atoms with Crippen molar-refractivity contribution in [2.45, 2.75) is 57.5 Å². The molecule has 0 unspecified atom stereocenters. The molecule has 40 heavy (non-hydrogen) atoms. The monoisotopic (exact) mass is 540 g/mol. The van der Waals surface area contributed by atoms with Crippen molar-refractivity contribution >= 4 is 22.9 Å². The second kappa shape index (κ2) is 11.7. The summed E-state index contributed by atoms with van der Waals surface area (Å²) in [5.41, 5.74) is 4.71. The van der Waals surface area contributed by atoms with Gasteiger partial charge < -0.3 is 19.4 Å². The summed E-state index contributed by atoms with van der Waals surface area (Å²) in [5, 5.41) is 12.6. The summed E-state index contributed by atoms with van der Waals surface area (Å²) < 4.78 is 7.72. The summed E-state index contributed by atoms with van der Waals surface area (Å²) in [4.78, 5) is 31.9. The van der Waals surface area contributed by atoms with Crippen LogP contribution in [0.1, 0.15) is 77.3 Å². The van der Waals surface area contributed by atoms with Crippen LogP contribution in [0, 0.1) is 5.92 Å². The number of rotatable bonds is 8. The number of furan rings is 1. The fraction of sp³-hybridized carbons (Fsp3) is 0.406. The van der Waals surface area contributed by atoms with Crippen LogP contribution in [0.5, 0.6) is 0 Å². The number of carbonyl (C=O) groups excluding carboxylic acids is 1. The predicted molar refractivity (Wildman–Crippen MR) is 153 cm³/mol. The molecule has 1 aliphatic carbocycles. The van der Waals surface area contributed by atoms with Gasteiger partial charge in [-0.05, 0) is 80.6 Å². The zero-order valence-electron chi connectivity index (χ0n) is 22.7. The topological polar surface area (TPSA) is 101 Å². The van der Waals surface area contributed by atoms with Crippen LogP contribution in [0.15, 0.2) is 65.5 Å². The van der Waals surface area contributed by atoms with Gasteiger partial charge in [0.15, 0.2) is 0 Å². The number of nitrogens with one attached hydrogen (secondary N) is 1. The Bertz CT molecular complexity index is 1480. The van der Waals surface area contributed by atoms with Crippen LogP contribution in [0.25, 0.3) is 22.4 Å². The maximum Gasteiger partial charge on any atom is 0.336 e. The second-order valence-corrected chi connectivity index (χ2v) is 11.2. The molecule has 4 aromatic rings. The smallest absolute Gasteiger partial charge is 0.336 e. The van der Waals surface area contributed by atoms with Gasteiger partial charge in [-0.1, -0.05) is 37.5 Å². The average molecular weight is 541 g/mol. The Morgan fingerprint density at radius 3 is 2.55 bits per heavy atom.